The summed E-state index contributed by atoms with van der Waals surface area (Å²) in [4.78, 5) is 28.6. The van der Waals surface area contributed by atoms with Gasteiger partial charge in [-0.15, -0.1) is 0 Å². The molecule has 182 valence electrons. The van der Waals surface area contributed by atoms with Crippen molar-refractivity contribution in [2.24, 2.45) is 0 Å². The van der Waals surface area contributed by atoms with Crippen molar-refractivity contribution in [3.8, 4) is 11.3 Å². The van der Waals surface area contributed by atoms with Gasteiger partial charge < -0.3 is 19.5 Å². The first kappa shape index (κ1) is 24.9. The Balaban J connectivity index is 1.30. The van der Waals surface area contributed by atoms with Crippen molar-refractivity contribution < 1.29 is 14.0 Å². The number of hydrogen-bond acceptors (Lipinski definition) is 4. The molecule has 0 saturated carbocycles. The second kappa shape index (κ2) is 11.5. The fourth-order valence-corrected chi connectivity index (χ4v) is 4.50. The van der Waals surface area contributed by atoms with Gasteiger partial charge in [0.1, 0.15) is 11.5 Å². The molecule has 3 aromatic rings. The van der Waals surface area contributed by atoms with E-state index < -0.39 is 0 Å². The van der Waals surface area contributed by atoms with E-state index in [0.29, 0.717) is 33.7 Å². The van der Waals surface area contributed by atoms with Crippen molar-refractivity contribution in [3.63, 3.8) is 0 Å². The molecule has 0 bridgehead atoms. The Morgan fingerprint density at radius 1 is 0.971 bits per heavy atom. The van der Waals surface area contributed by atoms with E-state index in [4.69, 9.17) is 27.6 Å². The lowest BCUT2D eigenvalue weighted by atomic mass is 10.2. The second-order valence-corrected chi connectivity index (χ2v) is 9.22. The van der Waals surface area contributed by atoms with Crippen LogP contribution in [0.4, 0.5) is 11.4 Å². The number of carbonyl (C=O) groups is 2. The maximum Gasteiger partial charge on any atom is 0.248 e. The Hall–Kier alpha value is -3.22. The first-order valence-corrected chi connectivity index (χ1v) is 12.3. The van der Waals surface area contributed by atoms with Crippen LogP contribution in [0.15, 0.2) is 65.1 Å². The number of amides is 2. The first-order valence-electron chi connectivity index (χ1n) is 11.6. The summed E-state index contributed by atoms with van der Waals surface area (Å²) in [7, 11) is 0. The molecule has 0 spiro atoms. The number of halogens is 2. The van der Waals surface area contributed by atoms with Crippen molar-refractivity contribution in [2.75, 3.05) is 36.4 Å². The van der Waals surface area contributed by atoms with E-state index in [1.54, 1.807) is 36.4 Å². The monoisotopic (exact) mass is 511 g/mol. The molecular formula is C27H27Cl2N3O3. The number of anilines is 2. The molecule has 0 atom stereocenters. The highest BCUT2D eigenvalue weighted by molar-refractivity contribution is 6.35. The fourth-order valence-electron chi connectivity index (χ4n) is 3.98. The minimum absolute atomic E-state index is 0.234. The highest BCUT2D eigenvalue weighted by atomic mass is 35.5. The third-order valence-electron chi connectivity index (χ3n) is 5.77. The van der Waals surface area contributed by atoms with E-state index in [0.717, 1.165) is 43.9 Å². The standard InChI is InChI=1S/C27H27Cl2N3O3/c1-2-3-27(34)32-14-12-31(13-15-32)23-6-4-22(5-7-23)30-26(33)11-9-24-8-10-25(35-24)19-16-20(28)18-21(29)17-19/h4-11,16-18H,2-3,12-15H2,1H3,(H,30,33)/b11-9+. The van der Waals surface area contributed by atoms with Crippen LogP contribution in [-0.2, 0) is 9.59 Å². The van der Waals surface area contributed by atoms with Gasteiger partial charge in [-0.05, 0) is 67.1 Å². The van der Waals surface area contributed by atoms with Gasteiger partial charge in [-0.25, -0.2) is 0 Å². The molecule has 0 unspecified atom stereocenters. The van der Waals surface area contributed by atoms with E-state index in [1.807, 2.05) is 36.1 Å². The average molecular weight is 512 g/mol. The van der Waals surface area contributed by atoms with Crippen LogP contribution in [0.2, 0.25) is 10.0 Å². The third-order valence-corrected chi connectivity index (χ3v) is 6.21. The molecule has 0 aliphatic carbocycles. The molecule has 1 saturated heterocycles. The van der Waals surface area contributed by atoms with Crippen molar-refractivity contribution in [1.29, 1.82) is 0 Å². The number of benzene rings is 2. The summed E-state index contributed by atoms with van der Waals surface area (Å²) in [6.45, 7) is 5.10. The number of furan rings is 1. The fraction of sp³-hybridized carbons (Fsp3) is 0.259. The predicted molar refractivity (Wildman–Crippen MR) is 142 cm³/mol. The molecule has 1 aliphatic rings. The lowest BCUT2D eigenvalue weighted by Gasteiger charge is -2.36. The van der Waals surface area contributed by atoms with Crippen LogP contribution in [0.5, 0.6) is 0 Å². The largest absolute Gasteiger partial charge is 0.457 e. The summed E-state index contributed by atoms with van der Waals surface area (Å²) in [5, 5.41) is 3.91. The minimum atomic E-state index is -0.260. The van der Waals surface area contributed by atoms with Gasteiger partial charge >= 0.3 is 0 Å². The number of carbonyl (C=O) groups excluding carboxylic acids is 2. The van der Waals surface area contributed by atoms with Gasteiger partial charge in [-0.1, -0.05) is 30.1 Å². The van der Waals surface area contributed by atoms with Crippen LogP contribution in [0, 0.1) is 0 Å². The van der Waals surface area contributed by atoms with E-state index >= 15 is 0 Å². The Morgan fingerprint density at radius 2 is 1.66 bits per heavy atom. The number of piperazine rings is 1. The molecule has 1 N–H and O–H groups in total. The van der Waals surface area contributed by atoms with Crippen molar-refractivity contribution in [3.05, 3.63) is 76.5 Å². The van der Waals surface area contributed by atoms with Crippen LogP contribution >= 0.6 is 23.2 Å². The molecule has 4 rings (SSSR count). The molecule has 2 aromatic carbocycles. The zero-order chi connectivity index (χ0) is 24.8. The third kappa shape index (κ3) is 6.68. The topological polar surface area (TPSA) is 65.8 Å². The van der Waals surface area contributed by atoms with E-state index in [2.05, 4.69) is 10.2 Å². The lowest BCUT2D eigenvalue weighted by molar-refractivity contribution is -0.131. The smallest absolute Gasteiger partial charge is 0.248 e. The highest BCUT2D eigenvalue weighted by Gasteiger charge is 2.20. The maximum atomic E-state index is 12.4. The van der Waals surface area contributed by atoms with Crippen LogP contribution < -0.4 is 10.2 Å². The highest BCUT2D eigenvalue weighted by Crippen LogP contribution is 2.29. The summed E-state index contributed by atoms with van der Waals surface area (Å²) in [6, 6.07) is 16.5. The number of nitrogens with zero attached hydrogens (tertiary/aromatic N) is 2. The SMILES string of the molecule is CCCC(=O)N1CCN(c2ccc(NC(=O)/C=C/c3ccc(-c4cc(Cl)cc(Cl)c4)o3)cc2)CC1. The molecule has 1 fully saturated rings. The normalized spacial score (nSPS) is 13.9. The maximum absolute atomic E-state index is 12.4. The van der Waals surface area contributed by atoms with Gasteiger partial charge in [0.05, 0.1) is 0 Å². The van der Waals surface area contributed by atoms with Crippen LogP contribution in [0.25, 0.3) is 17.4 Å². The Labute approximate surface area is 215 Å². The summed E-state index contributed by atoms with van der Waals surface area (Å²) in [5.41, 5.74) is 2.54. The van der Waals surface area contributed by atoms with Crippen LogP contribution in [-0.4, -0.2) is 42.9 Å². The molecule has 0 radical (unpaired) electrons. The van der Waals surface area contributed by atoms with Crippen molar-refractivity contribution >= 4 is 52.5 Å². The van der Waals surface area contributed by atoms with Gasteiger partial charge in [0.2, 0.25) is 11.8 Å². The number of rotatable bonds is 7. The van der Waals surface area contributed by atoms with Crippen LogP contribution in [0.1, 0.15) is 25.5 Å². The zero-order valence-electron chi connectivity index (χ0n) is 19.5. The quantitative estimate of drug-likeness (QED) is 0.375. The minimum Gasteiger partial charge on any atom is -0.457 e. The summed E-state index contributed by atoms with van der Waals surface area (Å²) < 4.78 is 5.78. The van der Waals surface area contributed by atoms with E-state index in [9.17, 15) is 9.59 Å². The van der Waals surface area contributed by atoms with Gasteiger partial charge in [-0.3, -0.25) is 9.59 Å². The Kier molecular flexibility index (Phi) is 8.16. The van der Waals surface area contributed by atoms with Crippen LogP contribution in [0.3, 0.4) is 0 Å². The number of hydrogen-bond donors (Lipinski definition) is 1. The zero-order valence-corrected chi connectivity index (χ0v) is 21.0. The van der Waals surface area contributed by atoms with E-state index in [-0.39, 0.29) is 11.8 Å². The molecular weight excluding hydrogens is 485 g/mol. The van der Waals surface area contributed by atoms with Gasteiger partial charge in [0.15, 0.2) is 0 Å². The molecule has 1 aliphatic heterocycles. The molecule has 1 aromatic heterocycles. The van der Waals surface area contributed by atoms with Crippen molar-refractivity contribution in [2.45, 2.75) is 19.8 Å². The summed E-state index contributed by atoms with van der Waals surface area (Å²) in [5.74, 6) is 1.13. The summed E-state index contributed by atoms with van der Waals surface area (Å²) >= 11 is 12.1. The lowest BCUT2D eigenvalue weighted by Crippen LogP contribution is -2.48. The molecule has 35 heavy (non-hydrogen) atoms. The molecule has 2 amide bonds. The number of nitrogens with one attached hydrogen (secondary N) is 1. The van der Waals surface area contributed by atoms with Gasteiger partial charge in [-0.2, -0.15) is 0 Å². The molecule has 2 heterocycles. The van der Waals surface area contributed by atoms with Gasteiger partial charge in [0, 0.05) is 65.7 Å². The predicted octanol–water partition coefficient (Wildman–Crippen LogP) is 6.35. The molecule has 6 nitrogen and oxygen atoms in total. The second-order valence-electron chi connectivity index (χ2n) is 8.35. The molecule has 8 heteroatoms. The van der Waals surface area contributed by atoms with Gasteiger partial charge in [0.25, 0.3) is 0 Å². The summed E-state index contributed by atoms with van der Waals surface area (Å²) in [6.07, 6.45) is 4.52. The van der Waals surface area contributed by atoms with E-state index in [1.165, 1.54) is 6.08 Å². The average Bonchev–Trinajstić information content (AvgIpc) is 3.32. The Bertz CT molecular complexity index is 1190. The van der Waals surface area contributed by atoms with Crippen molar-refractivity contribution in [1.82, 2.24) is 4.90 Å². The first-order chi connectivity index (χ1) is 16.9. The Morgan fingerprint density at radius 3 is 2.31 bits per heavy atom.